The molecule has 2 rings (SSSR count). The summed E-state index contributed by atoms with van der Waals surface area (Å²) in [6.07, 6.45) is 3.95. The first-order valence-electron chi connectivity index (χ1n) is 7.52. The van der Waals surface area contributed by atoms with E-state index in [9.17, 15) is 0 Å². The van der Waals surface area contributed by atoms with Gasteiger partial charge in [-0.05, 0) is 38.0 Å². The third-order valence-electron chi connectivity index (χ3n) is 3.27. The predicted molar refractivity (Wildman–Crippen MR) is 87.1 cm³/mol. The zero-order chi connectivity index (χ0) is 15.1. The van der Waals surface area contributed by atoms with Crippen molar-refractivity contribution >= 4 is 17.5 Å². The average Bonchev–Trinajstić information content (AvgIpc) is 2.49. The number of unbranched alkanes of at least 4 members (excludes halogenated alkanes) is 1. The van der Waals surface area contributed by atoms with Crippen LogP contribution >= 0.6 is 0 Å². The molecule has 0 saturated heterocycles. The van der Waals surface area contributed by atoms with Crippen molar-refractivity contribution in [1.82, 2.24) is 15.2 Å². The highest BCUT2D eigenvalue weighted by molar-refractivity contribution is 5.60. The van der Waals surface area contributed by atoms with Crippen LogP contribution in [-0.2, 0) is 0 Å². The van der Waals surface area contributed by atoms with Gasteiger partial charge >= 0.3 is 0 Å². The maximum Gasteiger partial charge on any atom is 0.244 e. The highest BCUT2D eigenvalue weighted by atomic mass is 15.3. The van der Waals surface area contributed by atoms with Crippen LogP contribution in [0.1, 0.15) is 32.3 Å². The second kappa shape index (κ2) is 7.57. The fourth-order valence-corrected chi connectivity index (χ4v) is 2.15. The maximum absolute atomic E-state index is 4.56. The Morgan fingerprint density at radius 3 is 2.81 bits per heavy atom. The molecular weight excluding hydrogens is 262 g/mol. The van der Waals surface area contributed by atoms with Crippen molar-refractivity contribution in [3.63, 3.8) is 0 Å². The molecule has 0 spiro atoms. The van der Waals surface area contributed by atoms with Gasteiger partial charge in [-0.3, -0.25) is 0 Å². The van der Waals surface area contributed by atoms with Crippen LogP contribution in [0.4, 0.5) is 17.5 Å². The fourth-order valence-electron chi connectivity index (χ4n) is 2.15. The van der Waals surface area contributed by atoms with Gasteiger partial charge in [0.2, 0.25) is 5.95 Å². The van der Waals surface area contributed by atoms with E-state index < -0.39 is 0 Å². The molecule has 1 aromatic heterocycles. The Balaban J connectivity index is 2.20. The van der Waals surface area contributed by atoms with E-state index in [1.165, 1.54) is 5.56 Å². The minimum absolute atomic E-state index is 0.590. The molecule has 21 heavy (non-hydrogen) atoms. The van der Waals surface area contributed by atoms with Gasteiger partial charge in [-0.1, -0.05) is 25.5 Å². The topological polar surface area (TPSA) is 53.9 Å². The van der Waals surface area contributed by atoms with Crippen molar-refractivity contribution < 1.29 is 0 Å². The Hall–Kier alpha value is -2.17. The van der Waals surface area contributed by atoms with Gasteiger partial charge in [0, 0.05) is 18.8 Å². The number of aromatic nitrogens is 3. The molecule has 1 aromatic carbocycles. The lowest BCUT2D eigenvalue weighted by molar-refractivity contribution is 0.816. The van der Waals surface area contributed by atoms with E-state index in [1.807, 2.05) is 0 Å². The van der Waals surface area contributed by atoms with Gasteiger partial charge in [-0.25, -0.2) is 0 Å². The fraction of sp³-hybridized carbons (Fsp3) is 0.438. The quantitative estimate of drug-likeness (QED) is 0.788. The highest BCUT2D eigenvalue weighted by Crippen LogP contribution is 2.23. The standard InChI is InChI=1S/C16H23N5/c1-4-6-10-17-16-19-15(12-18-20-16)21(5-2)14-9-7-8-13(3)11-14/h7-9,11-12H,4-6,10H2,1-3H3,(H,17,19,20). The second-order valence-electron chi connectivity index (χ2n) is 5.00. The maximum atomic E-state index is 4.56. The Morgan fingerprint density at radius 2 is 2.10 bits per heavy atom. The Kier molecular flexibility index (Phi) is 5.49. The van der Waals surface area contributed by atoms with Gasteiger partial charge in [-0.2, -0.15) is 10.1 Å². The van der Waals surface area contributed by atoms with E-state index in [-0.39, 0.29) is 0 Å². The molecule has 0 aliphatic carbocycles. The summed E-state index contributed by atoms with van der Waals surface area (Å²) < 4.78 is 0. The molecule has 0 radical (unpaired) electrons. The number of hydrogen-bond acceptors (Lipinski definition) is 5. The van der Waals surface area contributed by atoms with Crippen LogP contribution < -0.4 is 10.2 Å². The first-order valence-corrected chi connectivity index (χ1v) is 7.52. The second-order valence-corrected chi connectivity index (χ2v) is 5.00. The summed E-state index contributed by atoms with van der Waals surface area (Å²) in [4.78, 5) is 6.69. The van der Waals surface area contributed by atoms with Crippen molar-refractivity contribution in [3.05, 3.63) is 36.0 Å². The molecule has 0 amide bonds. The van der Waals surface area contributed by atoms with E-state index in [2.05, 4.69) is 70.4 Å². The largest absolute Gasteiger partial charge is 0.353 e. The first kappa shape index (κ1) is 15.2. The number of benzene rings is 1. The first-order chi connectivity index (χ1) is 10.2. The highest BCUT2D eigenvalue weighted by Gasteiger charge is 2.10. The van der Waals surface area contributed by atoms with Gasteiger partial charge in [0.1, 0.15) is 0 Å². The number of hydrogen-bond donors (Lipinski definition) is 1. The van der Waals surface area contributed by atoms with Crippen LogP contribution in [-0.4, -0.2) is 28.3 Å². The van der Waals surface area contributed by atoms with Gasteiger partial charge in [0.15, 0.2) is 5.82 Å². The summed E-state index contributed by atoms with van der Waals surface area (Å²) in [5.41, 5.74) is 2.35. The van der Waals surface area contributed by atoms with E-state index in [4.69, 9.17) is 0 Å². The van der Waals surface area contributed by atoms with Crippen LogP contribution in [0.2, 0.25) is 0 Å². The lowest BCUT2D eigenvalue weighted by Gasteiger charge is -2.22. The summed E-state index contributed by atoms with van der Waals surface area (Å²) in [6.45, 7) is 8.06. The van der Waals surface area contributed by atoms with E-state index >= 15 is 0 Å². The molecule has 0 atom stereocenters. The molecule has 0 saturated carbocycles. The van der Waals surface area contributed by atoms with Crippen molar-refractivity contribution in [1.29, 1.82) is 0 Å². The Morgan fingerprint density at radius 1 is 1.24 bits per heavy atom. The van der Waals surface area contributed by atoms with Gasteiger partial charge in [0.05, 0.1) is 6.20 Å². The van der Waals surface area contributed by atoms with E-state index in [1.54, 1.807) is 6.20 Å². The summed E-state index contributed by atoms with van der Waals surface area (Å²) in [5, 5.41) is 11.3. The minimum atomic E-state index is 0.590. The smallest absolute Gasteiger partial charge is 0.244 e. The molecule has 1 heterocycles. The van der Waals surface area contributed by atoms with Crippen molar-refractivity contribution in [3.8, 4) is 0 Å². The van der Waals surface area contributed by atoms with Crippen molar-refractivity contribution in [2.24, 2.45) is 0 Å². The number of rotatable bonds is 7. The summed E-state index contributed by atoms with van der Waals surface area (Å²) >= 11 is 0. The third kappa shape index (κ3) is 4.15. The molecule has 0 aliphatic rings. The van der Waals surface area contributed by atoms with Crippen LogP contribution in [0.15, 0.2) is 30.5 Å². The molecule has 0 aliphatic heterocycles. The zero-order valence-electron chi connectivity index (χ0n) is 13.0. The number of anilines is 3. The normalized spacial score (nSPS) is 10.4. The van der Waals surface area contributed by atoms with Crippen molar-refractivity contribution in [2.75, 3.05) is 23.3 Å². The van der Waals surface area contributed by atoms with Crippen LogP contribution in [0.25, 0.3) is 0 Å². The molecule has 2 aromatic rings. The van der Waals surface area contributed by atoms with Crippen molar-refractivity contribution in [2.45, 2.75) is 33.6 Å². The molecule has 0 fully saturated rings. The Labute approximate surface area is 126 Å². The third-order valence-corrected chi connectivity index (χ3v) is 3.27. The van der Waals surface area contributed by atoms with Crippen LogP contribution in [0, 0.1) is 6.92 Å². The van der Waals surface area contributed by atoms with E-state index in [0.717, 1.165) is 37.4 Å². The van der Waals surface area contributed by atoms with Gasteiger partial charge < -0.3 is 10.2 Å². The summed E-state index contributed by atoms with van der Waals surface area (Å²) in [5.74, 6) is 1.41. The molecule has 0 bridgehead atoms. The van der Waals surface area contributed by atoms with Gasteiger partial charge in [0.25, 0.3) is 0 Å². The van der Waals surface area contributed by atoms with Crippen LogP contribution in [0.5, 0.6) is 0 Å². The monoisotopic (exact) mass is 285 g/mol. The SMILES string of the molecule is CCCCNc1nncc(N(CC)c2cccc(C)c2)n1. The van der Waals surface area contributed by atoms with E-state index in [0.29, 0.717) is 5.95 Å². The Bertz CT molecular complexity index is 570. The number of aryl methyl sites for hydroxylation is 1. The molecule has 0 unspecified atom stereocenters. The molecule has 5 heteroatoms. The van der Waals surface area contributed by atoms with Crippen LogP contribution in [0.3, 0.4) is 0 Å². The predicted octanol–water partition coefficient (Wildman–Crippen LogP) is 3.55. The zero-order valence-corrected chi connectivity index (χ0v) is 13.0. The minimum Gasteiger partial charge on any atom is -0.353 e. The summed E-state index contributed by atoms with van der Waals surface area (Å²) in [7, 11) is 0. The molecule has 5 nitrogen and oxygen atoms in total. The number of nitrogens with one attached hydrogen (secondary N) is 1. The summed E-state index contributed by atoms with van der Waals surface area (Å²) in [6, 6.07) is 8.38. The molecule has 112 valence electrons. The van der Waals surface area contributed by atoms with Gasteiger partial charge in [-0.15, -0.1) is 5.10 Å². The number of nitrogens with zero attached hydrogens (tertiary/aromatic N) is 4. The molecule has 1 N–H and O–H groups in total. The molecular formula is C16H23N5. The lowest BCUT2D eigenvalue weighted by atomic mass is 10.2. The lowest BCUT2D eigenvalue weighted by Crippen LogP contribution is -2.19. The average molecular weight is 285 g/mol.